The van der Waals surface area contributed by atoms with Gasteiger partial charge in [0.15, 0.2) is 13.8 Å². The topological polar surface area (TPSA) is 9.29 Å². The number of para-hydroxylation sites is 1. The maximum absolute atomic E-state index is 7.68. The minimum absolute atomic E-state index is 0.650. The maximum Gasteiger partial charge on any atom is 0.189 e. The van der Waals surface area contributed by atoms with Crippen molar-refractivity contribution in [3.63, 3.8) is 0 Å². The molecule has 0 N–H and O–H groups in total. The van der Waals surface area contributed by atoms with Crippen LogP contribution in [0.5, 0.6) is 0 Å². The van der Waals surface area contributed by atoms with Crippen molar-refractivity contribution in [2.75, 3.05) is 0 Å². The van der Waals surface area contributed by atoms with E-state index in [-0.39, 0.29) is 0 Å². The van der Waals surface area contributed by atoms with E-state index < -0.39 is 8.07 Å². The van der Waals surface area contributed by atoms with Gasteiger partial charge in [0.2, 0.25) is 0 Å². The molecule has 2 nitrogen and oxygen atoms in total. The maximum atomic E-state index is 7.68. The Labute approximate surface area is 278 Å². The second-order valence-electron chi connectivity index (χ2n) is 12.0. The lowest BCUT2D eigenvalue weighted by Crippen LogP contribution is -2.74. The molecule has 0 fully saturated rings. The van der Waals surface area contributed by atoms with E-state index in [2.05, 4.69) is 167 Å². The first-order chi connectivity index (χ1) is 23.3. The molecule has 2 heterocycles. The summed E-state index contributed by atoms with van der Waals surface area (Å²) in [6.45, 7) is 7.68. The minimum Gasteiger partial charge on any atom is -0.310 e. The molecule has 0 aliphatic rings. The number of aromatic nitrogens is 1. The Balaban J connectivity index is 1.34. The van der Waals surface area contributed by atoms with Crippen LogP contribution in [0.3, 0.4) is 0 Å². The highest BCUT2D eigenvalue weighted by atomic mass is 32.1. The Kier molecular flexibility index (Phi) is 6.43. The molecule has 0 bridgehead atoms. The van der Waals surface area contributed by atoms with E-state index in [1.165, 1.54) is 46.3 Å². The Morgan fingerprint density at radius 1 is 0.447 bits per heavy atom. The summed E-state index contributed by atoms with van der Waals surface area (Å²) in [5, 5.41) is 10.4. The van der Waals surface area contributed by atoms with Gasteiger partial charge in [0, 0.05) is 42.1 Å². The molecule has 220 valence electrons. The summed E-state index contributed by atoms with van der Waals surface area (Å²) in [4.78, 5) is 3.76. The van der Waals surface area contributed by atoms with Crippen LogP contribution in [0.4, 0.5) is 5.69 Å². The van der Waals surface area contributed by atoms with Crippen LogP contribution in [0.1, 0.15) is 0 Å². The van der Waals surface area contributed by atoms with Crippen LogP contribution in [0.25, 0.3) is 52.5 Å². The zero-order valence-corrected chi connectivity index (χ0v) is 27.3. The summed E-state index contributed by atoms with van der Waals surface area (Å²) < 4.78 is 4.88. The summed E-state index contributed by atoms with van der Waals surface area (Å²) in [5.74, 6) is 0. The van der Waals surface area contributed by atoms with Gasteiger partial charge in [-0.1, -0.05) is 133 Å². The quantitative estimate of drug-likeness (QED) is 0.102. The lowest BCUT2D eigenvalue weighted by atomic mass is 10.1. The molecule has 7 aromatic carbocycles. The predicted molar refractivity (Wildman–Crippen MR) is 204 cm³/mol. The van der Waals surface area contributed by atoms with Gasteiger partial charge in [-0.15, -0.1) is 11.3 Å². The molecule has 0 amide bonds. The third kappa shape index (κ3) is 4.22. The van der Waals surface area contributed by atoms with Gasteiger partial charge in [0.05, 0.1) is 12.1 Å². The fourth-order valence-corrected chi connectivity index (χ4v) is 13.3. The van der Waals surface area contributed by atoms with Crippen molar-refractivity contribution in [3.05, 3.63) is 181 Å². The van der Waals surface area contributed by atoms with Gasteiger partial charge in [-0.2, -0.15) is 0 Å². The van der Waals surface area contributed by atoms with Crippen molar-refractivity contribution in [2.45, 2.75) is 0 Å². The number of benzene rings is 7. The Hall–Kier alpha value is -5.73. The molecule has 0 saturated heterocycles. The molecule has 9 rings (SSSR count). The van der Waals surface area contributed by atoms with Crippen molar-refractivity contribution >= 4 is 87.8 Å². The molecule has 0 saturated carbocycles. The van der Waals surface area contributed by atoms with Crippen molar-refractivity contribution in [3.8, 4) is 5.69 Å². The van der Waals surface area contributed by atoms with Gasteiger partial charge in [-0.05, 0) is 57.1 Å². The first-order valence-electron chi connectivity index (χ1n) is 15.8. The molecule has 9 aromatic rings. The number of rotatable bonds is 5. The average molecular weight is 633 g/mol. The SMILES string of the molecule is [C-]#[N+]c1ccc2c3ccccc3n(-c3ccc4sc5ccc([Si](c6ccccc6)(c6ccccc6)c6ccccc6)cc5c4c3)c2c1. The predicted octanol–water partition coefficient (Wildman–Crippen LogP) is 9.08. The summed E-state index contributed by atoms with van der Waals surface area (Å²) in [6, 6.07) is 62.0. The summed E-state index contributed by atoms with van der Waals surface area (Å²) in [6.07, 6.45) is 0. The molecule has 47 heavy (non-hydrogen) atoms. The molecule has 0 atom stereocenters. The first kappa shape index (κ1) is 27.6. The van der Waals surface area contributed by atoms with Crippen LogP contribution in [-0.4, -0.2) is 12.6 Å². The standard InChI is InChI=1S/C43H28N2SSi/c1-44-30-21-24-37-36-19-11-12-20-40(36)45(41(37)27-30)31-22-25-42-38(28-31)39-29-35(23-26-43(39)46-42)47(32-13-5-2-6-14-32,33-15-7-3-8-16-33)34-17-9-4-10-18-34/h2-29H. The molecular formula is C43H28N2SSi. The van der Waals surface area contributed by atoms with E-state index in [4.69, 9.17) is 6.57 Å². The van der Waals surface area contributed by atoms with Crippen LogP contribution in [0, 0.1) is 6.57 Å². The van der Waals surface area contributed by atoms with E-state index in [1.807, 2.05) is 23.5 Å². The Bertz CT molecular complexity index is 2530. The van der Waals surface area contributed by atoms with Gasteiger partial charge >= 0.3 is 0 Å². The molecule has 0 aliphatic heterocycles. The number of hydrogen-bond acceptors (Lipinski definition) is 1. The first-order valence-corrected chi connectivity index (χ1v) is 18.6. The Morgan fingerprint density at radius 3 is 1.64 bits per heavy atom. The van der Waals surface area contributed by atoms with E-state index in [9.17, 15) is 0 Å². The van der Waals surface area contributed by atoms with Crippen LogP contribution in [-0.2, 0) is 0 Å². The summed E-state index contributed by atoms with van der Waals surface area (Å²) in [5.41, 5.74) is 3.96. The van der Waals surface area contributed by atoms with Gasteiger partial charge in [0.1, 0.15) is 0 Å². The van der Waals surface area contributed by atoms with E-state index in [0.29, 0.717) is 5.69 Å². The number of thiophene rings is 1. The fourth-order valence-electron chi connectivity index (χ4n) is 7.51. The van der Waals surface area contributed by atoms with Gasteiger partial charge in [-0.3, -0.25) is 0 Å². The monoisotopic (exact) mass is 632 g/mol. The zero-order valence-electron chi connectivity index (χ0n) is 25.5. The van der Waals surface area contributed by atoms with Crippen LogP contribution >= 0.6 is 11.3 Å². The largest absolute Gasteiger partial charge is 0.310 e. The molecule has 2 aromatic heterocycles. The molecule has 0 aliphatic carbocycles. The second kappa shape index (κ2) is 11.0. The van der Waals surface area contributed by atoms with E-state index in [1.54, 1.807) is 0 Å². The van der Waals surface area contributed by atoms with Crippen molar-refractivity contribution in [1.82, 2.24) is 4.57 Å². The molecular weight excluding hydrogens is 605 g/mol. The third-order valence-corrected chi connectivity index (χ3v) is 15.5. The van der Waals surface area contributed by atoms with Crippen molar-refractivity contribution < 1.29 is 0 Å². The highest BCUT2D eigenvalue weighted by Gasteiger charge is 2.41. The number of nitrogens with zero attached hydrogens (tertiary/aromatic N) is 2. The van der Waals surface area contributed by atoms with Crippen LogP contribution in [0.2, 0.25) is 0 Å². The normalized spacial score (nSPS) is 11.8. The molecule has 0 unspecified atom stereocenters. The van der Waals surface area contributed by atoms with E-state index >= 15 is 0 Å². The zero-order chi connectivity index (χ0) is 31.4. The smallest absolute Gasteiger partial charge is 0.189 e. The minimum atomic E-state index is -2.66. The number of fused-ring (bicyclic) bond motifs is 6. The number of hydrogen-bond donors (Lipinski definition) is 0. The average Bonchev–Trinajstić information content (AvgIpc) is 3.68. The highest BCUT2D eigenvalue weighted by Crippen LogP contribution is 2.38. The van der Waals surface area contributed by atoms with E-state index in [0.717, 1.165) is 22.1 Å². The molecule has 0 radical (unpaired) electrons. The van der Waals surface area contributed by atoms with Crippen molar-refractivity contribution in [2.24, 2.45) is 0 Å². The van der Waals surface area contributed by atoms with Gasteiger partial charge in [-0.25, -0.2) is 4.85 Å². The molecule has 0 spiro atoms. The highest BCUT2D eigenvalue weighted by molar-refractivity contribution is 7.26. The van der Waals surface area contributed by atoms with Gasteiger partial charge < -0.3 is 4.57 Å². The second-order valence-corrected chi connectivity index (χ2v) is 16.9. The Morgan fingerprint density at radius 2 is 1.00 bits per heavy atom. The molecule has 4 heteroatoms. The lowest BCUT2D eigenvalue weighted by molar-refractivity contribution is 1.19. The van der Waals surface area contributed by atoms with Crippen LogP contribution < -0.4 is 20.7 Å². The van der Waals surface area contributed by atoms with Gasteiger partial charge in [0.25, 0.3) is 0 Å². The summed E-state index contributed by atoms with van der Waals surface area (Å²) in [7, 11) is -2.66. The lowest BCUT2D eigenvalue weighted by Gasteiger charge is -2.34. The van der Waals surface area contributed by atoms with Crippen LogP contribution in [0.15, 0.2) is 170 Å². The fraction of sp³-hybridized carbons (Fsp3) is 0. The summed E-state index contributed by atoms with van der Waals surface area (Å²) >= 11 is 1.85. The third-order valence-electron chi connectivity index (χ3n) is 9.55. The van der Waals surface area contributed by atoms with Crippen molar-refractivity contribution in [1.29, 1.82) is 0 Å².